The van der Waals surface area contributed by atoms with Crippen LogP contribution >= 0.6 is 0 Å². The van der Waals surface area contributed by atoms with E-state index < -0.39 is 64.0 Å². The van der Waals surface area contributed by atoms with Gasteiger partial charge in [-0.05, 0) is 109 Å². The standard InChI is InChI=1S/C47H70F3N5O6/c1-27(2)28(3)41(7)19-20-43(9)29-15-16-33-42(8)23-59-25-46(33,30(29)17-18-44(43,10)35(41)38(56)57)22-31(36(42)60-24-45(11,51)40(4,5)6)55-37(52-26-53-55)34-32(14-13-21-54(34)12)61-39(58)47(48,49)50/h13-14,17,21,26-29,31,33-36H,15-16,18-20,22-25,51H2,1-12H3,(H,56,57)/t28-,29+,31-,33+,34?,35-,36+,41-,42-,43-,44+,45+,46+/m1/s1. The van der Waals surface area contributed by atoms with Gasteiger partial charge in [0.2, 0.25) is 0 Å². The first-order valence-corrected chi connectivity index (χ1v) is 22.3. The van der Waals surface area contributed by atoms with Gasteiger partial charge in [0.1, 0.15) is 18.1 Å². The number of carboxylic acid groups (broad SMARTS) is 1. The van der Waals surface area contributed by atoms with E-state index in [0.717, 1.165) is 25.7 Å². The number of hydrogen-bond acceptors (Lipinski definition) is 9. The number of esters is 1. The average molecular weight is 858 g/mol. The molecule has 3 saturated carbocycles. The fraction of sp³-hybridized carbons (Fsp3) is 0.787. The molecule has 340 valence electrons. The zero-order chi connectivity index (χ0) is 45.1. The van der Waals surface area contributed by atoms with Gasteiger partial charge in [-0.15, -0.1) is 0 Å². The van der Waals surface area contributed by atoms with E-state index in [-0.39, 0.29) is 46.4 Å². The Hall–Kier alpha value is -3.23. The SMILES string of the molecule is CC(C)[C@@H](C)[C@@]1(C)CC[C@]2(C)[C@H]3CC[C@@H]4[C@@]5(COC[C@@]4(C)[C@@H](OC[C@](C)(N)C(C)(C)C)[C@H](n4ncnc4C4C(OC(=O)C(F)(F)F)=CC=CN4C)C5)C3=CC[C@@]2(C)[C@@H]1C(=O)O. The Balaban J connectivity index is 1.36. The minimum absolute atomic E-state index is 0.113. The van der Waals surface area contributed by atoms with Crippen molar-refractivity contribution in [2.75, 3.05) is 26.9 Å². The third-order valence-corrected chi connectivity index (χ3v) is 18.2. The van der Waals surface area contributed by atoms with E-state index in [1.807, 2.05) is 6.92 Å². The molecule has 2 bridgehead atoms. The summed E-state index contributed by atoms with van der Waals surface area (Å²) < 4.78 is 61.6. The number of nitrogens with zero attached hydrogens (tertiary/aromatic N) is 4. The number of hydrogen-bond donors (Lipinski definition) is 2. The van der Waals surface area contributed by atoms with E-state index in [4.69, 9.17) is 25.0 Å². The van der Waals surface area contributed by atoms with Crippen LogP contribution in [0.1, 0.15) is 133 Å². The van der Waals surface area contributed by atoms with Gasteiger partial charge in [-0.1, -0.05) is 80.9 Å². The van der Waals surface area contributed by atoms with Gasteiger partial charge in [0.15, 0.2) is 5.82 Å². The van der Waals surface area contributed by atoms with Crippen LogP contribution in [0.4, 0.5) is 13.2 Å². The number of aromatic nitrogens is 3. The minimum atomic E-state index is -5.20. The summed E-state index contributed by atoms with van der Waals surface area (Å²) in [4.78, 5) is 32.3. The Morgan fingerprint density at radius 1 is 1.05 bits per heavy atom. The summed E-state index contributed by atoms with van der Waals surface area (Å²) in [7, 11) is 1.70. The van der Waals surface area contributed by atoms with Crippen molar-refractivity contribution in [2.24, 2.45) is 67.8 Å². The van der Waals surface area contributed by atoms with Crippen molar-refractivity contribution < 1.29 is 42.1 Å². The number of carbonyl (C=O) groups is 2. The lowest BCUT2D eigenvalue weighted by Gasteiger charge is -2.71. The first-order chi connectivity index (χ1) is 28.1. The molecule has 0 amide bonds. The van der Waals surface area contributed by atoms with Gasteiger partial charge in [-0.25, -0.2) is 14.5 Å². The van der Waals surface area contributed by atoms with Crippen LogP contribution in [0.25, 0.3) is 0 Å². The summed E-state index contributed by atoms with van der Waals surface area (Å²) in [5.41, 5.74) is 5.07. The molecule has 3 heterocycles. The molecule has 7 rings (SSSR count). The van der Waals surface area contributed by atoms with E-state index in [2.05, 4.69) is 80.3 Å². The molecule has 1 aromatic rings. The molecule has 0 aromatic carbocycles. The highest BCUT2D eigenvalue weighted by molar-refractivity contribution is 5.77. The maximum atomic E-state index is 13.6. The fourth-order valence-electron chi connectivity index (χ4n) is 13.5. The molecular weight excluding hydrogens is 788 g/mol. The molecule has 14 heteroatoms. The molecule has 2 aliphatic heterocycles. The number of carbonyl (C=O) groups excluding carboxylic acids is 1. The first kappa shape index (κ1) is 45.8. The molecule has 3 N–H and O–H groups in total. The summed E-state index contributed by atoms with van der Waals surface area (Å²) in [6.07, 6.45) is 7.42. The number of allylic oxidation sites excluding steroid dienone is 3. The van der Waals surface area contributed by atoms with E-state index in [1.165, 1.54) is 24.1 Å². The number of fused-ring (bicyclic) bond motifs is 3. The van der Waals surface area contributed by atoms with Crippen LogP contribution in [0.2, 0.25) is 0 Å². The van der Waals surface area contributed by atoms with Gasteiger partial charge in [-0.3, -0.25) is 4.79 Å². The largest absolute Gasteiger partial charge is 0.491 e. The molecule has 0 radical (unpaired) electrons. The maximum Gasteiger partial charge on any atom is 0.491 e. The van der Waals surface area contributed by atoms with Crippen molar-refractivity contribution in [3.8, 4) is 0 Å². The summed E-state index contributed by atoms with van der Waals surface area (Å²) >= 11 is 0. The molecular formula is C47H70F3N5O6. The molecule has 0 spiro atoms. The minimum Gasteiger partial charge on any atom is -0.481 e. The third kappa shape index (κ3) is 6.84. The normalized spacial score (nSPS) is 40.2. The van der Waals surface area contributed by atoms with Crippen LogP contribution in [0.3, 0.4) is 0 Å². The highest BCUT2D eigenvalue weighted by atomic mass is 19.4. The molecule has 61 heavy (non-hydrogen) atoms. The maximum absolute atomic E-state index is 13.6. The lowest BCUT2D eigenvalue weighted by atomic mass is 9.34. The number of rotatable bonds is 9. The van der Waals surface area contributed by atoms with E-state index >= 15 is 0 Å². The number of aliphatic carboxylic acids is 1. The summed E-state index contributed by atoms with van der Waals surface area (Å²) in [5.74, 6) is -2.65. The van der Waals surface area contributed by atoms with Crippen molar-refractivity contribution in [1.82, 2.24) is 19.7 Å². The van der Waals surface area contributed by atoms with Gasteiger partial charge in [0.05, 0.1) is 37.9 Å². The lowest BCUT2D eigenvalue weighted by Crippen LogP contribution is -2.69. The second-order valence-electron chi connectivity index (χ2n) is 22.4. The Kier molecular flexibility index (Phi) is 11.2. The molecule has 1 unspecified atom stereocenters. The van der Waals surface area contributed by atoms with E-state index in [9.17, 15) is 27.9 Å². The zero-order valence-corrected chi connectivity index (χ0v) is 38.4. The number of nitrogens with two attached hydrogens (primary N) is 1. The van der Waals surface area contributed by atoms with Crippen LogP contribution in [-0.4, -0.2) is 81.4 Å². The van der Waals surface area contributed by atoms with Crippen LogP contribution in [0.15, 0.2) is 42.1 Å². The molecule has 1 saturated heterocycles. The fourth-order valence-corrected chi connectivity index (χ4v) is 13.5. The first-order valence-electron chi connectivity index (χ1n) is 22.3. The van der Waals surface area contributed by atoms with Crippen molar-refractivity contribution in [2.45, 2.75) is 145 Å². The van der Waals surface area contributed by atoms with Crippen LogP contribution in [0.5, 0.6) is 0 Å². The van der Waals surface area contributed by atoms with Gasteiger partial charge >= 0.3 is 18.1 Å². The average Bonchev–Trinajstić information content (AvgIpc) is 3.62. The third-order valence-electron chi connectivity index (χ3n) is 18.2. The highest BCUT2D eigenvalue weighted by Crippen LogP contribution is 2.75. The van der Waals surface area contributed by atoms with Gasteiger partial charge in [0.25, 0.3) is 0 Å². The van der Waals surface area contributed by atoms with E-state index in [0.29, 0.717) is 37.8 Å². The zero-order valence-electron chi connectivity index (χ0n) is 38.4. The molecule has 13 atom stereocenters. The topological polar surface area (TPSA) is 142 Å². The van der Waals surface area contributed by atoms with Crippen LogP contribution in [0, 0.1) is 62.1 Å². The smallest absolute Gasteiger partial charge is 0.481 e. The van der Waals surface area contributed by atoms with Crippen molar-refractivity contribution in [1.29, 1.82) is 0 Å². The van der Waals surface area contributed by atoms with Crippen molar-refractivity contribution >= 4 is 11.9 Å². The second-order valence-corrected chi connectivity index (χ2v) is 22.4. The van der Waals surface area contributed by atoms with Gasteiger partial charge < -0.3 is 30.0 Å². The molecule has 11 nitrogen and oxygen atoms in total. The number of likely N-dealkylation sites (N-methyl/N-ethyl adjacent to an activating group) is 1. The molecule has 4 fully saturated rings. The van der Waals surface area contributed by atoms with Crippen molar-refractivity contribution in [3.63, 3.8) is 0 Å². The highest BCUT2D eigenvalue weighted by Gasteiger charge is 2.72. The summed E-state index contributed by atoms with van der Waals surface area (Å²) in [5, 5.41) is 16.0. The predicted octanol–water partition coefficient (Wildman–Crippen LogP) is 9.05. The van der Waals surface area contributed by atoms with Crippen LogP contribution < -0.4 is 5.73 Å². The second kappa shape index (κ2) is 14.9. The summed E-state index contributed by atoms with van der Waals surface area (Å²) in [6.45, 7) is 25.1. The number of carboxylic acids is 1. The quantitative estimate of drug-likeness (QED) is 0.183. The van der Waals surface area contributed by atoms with Crippen LogP contribution in [-0.2, 0) is 23.8 Å². The Labute approximate surface area is 360 Å². The Morgan fingerprint density at radius 3 is 2.36 bits per heavy atom. The molecule has 6 aliphatic rings. The van der Waals surface area contributed by atoms with E-state index in [1.54, 1.807) is 22.8 Å². The predicted molar refractivity (Wildman–Crippen MR) is 224 cm³/mol. The summed E-state index contributed by atoms with van der Waals surface area (Å²) in [6, 6.07) is -1.48. The molecule has 4 aliphatic carbocycles. The number of ether oxygens (including phenoxy) is 3. The Bertz CT molecular complexity index is 1990. The number of alkyl halides is 3. The molecule has 1 aromatic heterocycles. The van der Waals surface area contributed by atoms with Gasteiger partial charge in [-0.2, -0.15) is 18.3 Å². The lowest BCUT2D eigenvalue weighted by molar-refractivity contribution is -0.253. The monoisotopic (exact) mass is 858 g/mol. The van der Waals surface area contributed by atoms with Gasteiger partial charge in [0, 0.05) is 23.4 Å². The Morgan fingerprint density at radius 2 is 1.74 bits per heavy atom. The van der Waals surface area contributed by atoms with Crippen molar-refractivity contribution in [3.05, 3.63) is 47.9 Å². The number of halogens is 3.